The molecule has 0 fully saturated rings. The molecule has 1 N–H and O–H groups in total. The molecular formula is C13H6Cl3N3OS. The number of hydrogen-bond acceptors (Lipinski definition) is 4. The number of nitrogens with one attached hydrogen (secondary N) is 1. The number of hydrogen-bond donors (Lipinski definition) is 1. The predicted molar refractivity (Wildman–Crippen MR) is 86.8 cm³/mol. The zero-order valence-electron chi connectivity index (χ0n) is 10.2. The first kappa shape index (κ1) is 14.5. The van der Waals surface area contributed by atoms with Gasteiger partial charge in [-0.2, -0.15) is 8.75 Å². The van der Waals surface area contributed by atoms with Crippen LogP contribution in [0, 0.1) is 0 Å². The minimum absolute atomic E-state index is 0.264. The fourth-order valence-electron chi connectivity index (χ4n) is 1.80. The van der Waals surface area contributed by atoms with Gasteiger partial charge >= 0.3 is 0 Å². The van der Waals surface area contributed by atoms with Crippen LogP contribution in [0.3, 0.4) is 0 Å². The third-order valence-electron chi connectivity index (χ3n) is 2.79. The number of amides is 1. The van der Waals surface area contributed by atoms with Crippen molar-refractivity contribution in [3.8, 4) is 0 Å². The van der Waals surface area contributed by atoms with Crippen molar-refractivity contribution in [3.63, 3.8) is 0 Å². The lowest BCUT2D eigenvalue weighted by Crippen LogP contribution is -2.13. The number of rotatable bonds is 2. The molecule has 1 heterocycles. The van der Waals surface area contributed by atoms with E-state index in [1.165, 1.54) is 6.07 Å². The van der Waals surface area contributed by atoms with Gasteiger partial charge in [-0.05, 0) is 30.3 Å². The van der Waals surface area contributed by atoms with Gasteiger partial charge in [0.25, 0.3) is 5.91 Å². The standard InChI is InChI=1S/C13H6Cl3N3OS/c14-6-1-2-7(9(16)5-6)13(20)17-11-8(15)3-4-10-12(11)19-21-18-10/h1-5H,(H,17,20). The van der Waals surface area contributed by atoms with Crippen LogP contribution in [0.15, 0.2) is 30.3 Å². The SMILES string of the molecule is O=C(Nc1c(Cl)ccc2nsnc12)c1ccc(Cl)cc1Cl. The van der Waals surface area contributed by atoms with E-state index in [1.807, 2.05) is 0 Å². The molecule has 2 aromatic carbocycles. The highest BCUT2D eigenvalue weighted by Crippen LogP contribution is 2.31. The normalized spacial score (nSPS) is 10.8. The summed E-state index contributed by atoms with van der Waals surface area (Å²) in [7, 11) is 0. The lowest BCUT2D eigenvalue weighted by Gasteiger charge is -2.09. The zero-order valence-corrected chi connectivity index (χ0v) is 13.3. The molecule has 0 aliphatic heterocycles. The highest BCUT2D eigenvalue weighted by Gasteiger charge is 2.16. The summed E-state index contributed by atoms with van der Waals surface area (Å²) in [6.07, 6.45) is 0. The van der Waals surface area contributed by atoms with Gasteiger partial charge in [-0.3, -0.25) is 4.79 Å². The summed E-state index contributed by atoms with van der Waals surface area (Å²) in [5.41, 5.74) is 1.93. The summed E-state index contributed by atoms with van der Waals surface area (Å²) >= 11 is 19.0. The number of fused-ring (bicyclic) bond motifs is 1. The number of benzene rings is 2. The van der Waals surface area contributed by atoms with E-state index in [0.717, 1.165) is 11.7 Å². The van der Waals surface area contributed by atoms with Gasteiger partial charge in [0.05, 0.1) is 33.0 Å². The molecule has 0 aliphatic rings. The molecule has 8 heteroatoms. The number of aromatic nitrogens is 2. The first-order valence-corrected chi connectivity index (χ1v) is 7.60. The first-order valence-electron chi connectivity index (χ1n) is 5.73. The Morgan fingerprint density at radius 2 is 1.86 bits per heavy atom. The Kier molecular flexibility index (Phi) is 3.99. The van der Waals surface area contributed by atoms with Crippen LogP contribution in [0.5, 0.6) is 0 Å². The maximum absolute atomic E-state index is 12.3. The second-order valence-electron chi connectivity index (χ2n) is 4.13. The van der Waals surface area contributed by atoms with E-state index in [0.29, 0.717) is 32.3 Å². The molecule has 0 radical (unpaired) electrons. The van der Waals surface area contributed by atoms with Crippen LogP contribution in [0.1, 0.15) is 10.4 Å². The van der Waals surface area contributed by atoms with Crippen molar-refractivity contribution in [2.45, 2.75) is 0 Å². The highest BCUT2D eigenvalue weighted by molar-refractivity contribution is 7.00. The Balaban J connectivity index is 2.00. The van der Waals surface area contributed by atoms with Gasteiger partial charge in [0, 0.05) is 5.02 Å². The molecule has 0 atom stereocenters. The summed E-state index contributed by atoms with van der Waals surface area (Å²) in [6, 6.07) is 8.04. The van der Waals surface area contributed by atoms with Crippen molar-refractivity contribution in [2.24, 2.45) is 0 Å². The third kappa shape index (κ3) is 2.82. The minimum Gasteiger partial charge on any atom is -0.319 e. The Morgan fingerprint density at radius 1 is 1.05 bits per heavy atom. The molecule has 0 spiro atoms. The molecule has 0 saturated heterocycles. The van der Waals surface area contributed by atoms with Crippen LogP contribution in [-0.4, -0.2) is 14.7 Å². The number of nitrogens with zero attached hydrogens (tertiary/aromatic N) is 2. The summed E-state index contributed by atoms with van der Waals surface area (Å²) < 4.78 is 8.25. The second kappa shape index (κ2) is 5.77. The Morgan fingerprint density at radius 3 is 2.62 bits per heavy atom. The number of anilines is 1. The monoisotopic (exact) mass is 357 g/mol. The van der Waals surface area contributed by atoms with E-state index in [1.54, 1.807) is 24.3 Å². The van der Waals surface area contributed by atoms with Crippen LogP contribution in [0.25, 0.3) is 11.0 Å². The van der Waals surface area contributed by atoms with Gasteiger partial charge in [-0.1, -0.05) is 34.8 Å². The van der Waals surface area contributed by atoms with E-state index in [2.05, 4.69) is 14.1 Å². The molecule has 3 aromatic rings. The van der Waals surface area contributed by atoms with Gasteiger partial charge in [0.1, 0.15) is 11.0 Å². The summed E-state index contributed by atoms with van der Waals surface area (Å²) in [5.74, 6) is -0.390. The fraction of sp³-hybridized carbons (Fsp3) is 0. The van der Waals surface area contributed by atoms with Gasteiger partial charge in [-0.25, -0.2) is 0 Å². The van der Waals surface area contributed by atoms with Crippen LogP contribution in [0.4, 0.5) is 5.69 Å². The summed E-state index contributed by atoms with van der Waals surface area (Å²) in [6.45, 7) is 0. The second-order valence-corrected chi connectivity index (χ2v) is 5.91. The van der Waals surface area contributed by atoms with Crippen LogP contribution in [0.2, 0.25) is 15.1 Å². The van der Waals surface area contributed by atoms with Crippen LogP contribution >= 0.6 is 46.5 Å². The van der Waals surface area contributed by atoms with Crippen molar-refractivity contribution < 1.29 is 4.79 Å². The lowest BCUT2D eigenvalue weighted by molar-refractivity contribution is 0.102. The zero-order chi connectivity index (χ0) is 15.0. The van der Waals surface area contributed by atoms with Crippen LogP contribution in [-0.2, 0) is 0 Å². The van der Waals surface area contributed by atoms with Crippen LogP contribution < -0.4 is 5.32 Å². The molecule has 0 saturated carbocycles. The van der Waals surface area contributed by atoms with Crippen molar-refractivity contribution in [2.75, 3.05) is 5.32 Å². The topological polar surface area (TPSA) is 54.9 Å². The van der Waals surface area contributed by atoms with Crippen molar-refractivity contribution in [1.29, 1.82) is 0 Å². The third-order valence-corrected chi connectivity index (χ3v) is 4.20. The molecule has 0 unspecified atom stereocenters. The van der Waals surface area contributed by atoms with Gasteiger partial charge in [0.15, 0.2) is 0 Å². The molecule has 1 amide bonds. The van der Waals surface area contributed by atoms with Gasteiger partial charge in [0.2, 0.25) is 0 Å². The molecule has 4 nitrogen and oxygen atoms in total. The van der Waals surface area contributed by atoms with E-state index < -0.39 is 0 Å². The summed E-state index contributed by atoms with van der Waals surface area (Å²) in [4.78, 5) is 12.3. The average Bonchev–Trinajstić information content (AvgIpc) is 2.90. The molecular weight excluding hydrogens is 353 g/mol. The molecule has 106 valence electrons. The molecule has 21 heavy (non-hydrogen) atoms. The first-order chi connectivity index (χ1) is 10.1. The van der Waals surface area contributed by atoms with Gasteiger partial charge < -0.3 is 5.32 Å². The lowest BCUT2D eigenvalue weighted by atomic mass is 10.2. The van der Waals surface area contributed by atoms with E-state index >= 15 is 0 Å². The number of carbonyl (C=O) groups is 1. The van der Waals surface area contributed by atoms with E-state index in [-0.39, 0.29) is 10.9 Å². The van der Waals surface area contributed by atoms with E-state index in [4.69, 9.17) is 34.8 Å². The average molecular weight is 359 g/mol. The molecule has 0 bridgehead atoms. The highest BCUT2D eigenvalue weighted by atomic mass is 35.5. The fourth-order valence-corrected chi connectivity index (χ4v) is 3.04. The van der Waals surface area contributed by atoms with Crippen molar-refractivity contribution in [3.05, 3.63) is 51.0 Å². The Labute approximate surface area is 139 Å². The maximum atomic E-state index is 12.3. The smallest absolute Gasteiger partial charge is 0.257 e. The molecule has 1 aromatic heterocycles. The Bertz CT molecular complexity index is 850. The summed E-state index contributed by atoms with van der Waals surface area (Å²) in [5, 5.41) is 3.83. The van der Waals surface area contributed by atoms with Crippen molar-refractivity contribution >= 4 is 69.2 Å². The van der Waals surface area contributed by atoms with E-state index in [9.17, 15) is 4.79 Å². The Hall–Kier alpha value is -1.40. The molecule has 0 aliphatic carbocycles. The molecule has 3 rings (SSSR count). The number of carbonyl (C=O) groups excluding carboxylic acids is 1. The van der Waals surface area contributed by atoms with Crippen molar-refractivity contribution in [1.82, 2.24) is 8.75 Å². The largest absolute Gasteiger partial charge is 0.319 e. The maximum Gasteiger partial charge on any atom is 0.257 e. The predicted octanol–water partition coefficient (Wildman–Crippen LogP) is 4.90. The van der Waals surface area contributed by atoms with Gasteiger partial charge in [-0.15, -0.1) is 0 Å². The number of halogens is 3. The quantitative estimate of drug-likeness (QED) is 0.708. The minimum atomic E-state index is -0.390.